The van der Waals surface area contributed by atoms with E-state index >= 15 is 0 Å². The number of methoxy groups -OCH3 is 1. The van der Waals surface area contributed by atoms with Gasteiger partial charge in [-0.3, -0.25) is 4.79 Å². The van der Waals surface area contributed by atoms with Crippen LogP contribution < -0.4 is 10.2 Å². The minimum absolute atomic E-state index is 0.00777. The Morgan fingerprint density at radius 2 is 2.53 bits per heavy atom. The number of carbonyl (C=O) groups excluding carboxylic acids is 1. The Bertz CT molecular complexity index is 367. The molecule has 0 atom stereocenters. The summed E-state index contributed by atoms with van der Waals surface area (Å²) in [5.41, 5.74) is 0.768. The minimum Gasteiger partial charge on any atom is -0.383 e. The quantitative estimate of drug-likeness (QED) is 0.783. The fourth-order valence-corrected chi connectivity index (χ4v) is 1.57. The molecular weight excluding hydrogens is 194 g/mol. The van der Waals surface area contributed by atoms with E-state index in [9.17, 15) is 4.79 Å². The summed E-state index contributed by atoms with van der Waals surface area (Å²) in [5.74, 6) is 0.806. The third-order valence-electron chi connectivity index (χ3n) is 2.26. The largest absolute Gasteiger partial charge is 0.383 e. The first-order chi connectivity index (χ1) is 7.31. The average Bonchev–Trinajstić information content (AvgIpc) is 2.25. The van der Waals surface area contributed by atoms with Crippen LogP contribution in [0.25, 0.3) is 0 Å². The second-order valence-corrected chi connectivity index (χ2v) is 3.34. The minimum atomic E-state index is -0.00777. The summed E-state index contributed by atoms with van der Waals surface area (Å²) in [6.07, 6.45) is 1.72. The molecule has 0 saturated carbocycles. The molecule has 2 rings (SSSR count). The predicted octanol–water partition coefficient (Wildman–Crippen LogP) is 0.486. The molecular formula is C10H13N3O2. The van der Waals surface area contributed by atoms with Crippen LogP contribution in [0.2, 0.25) is 0 Å². The Balaban J connectivity index is 2.22. The highest BCUT2D eigenvalue weighted by molar-refractivity contribution is 6.00. The van der Waals surface area contributed by atoms with Crippen LogP contribution >= 0.6 is 0 Å². The molecule has 5 nitrogen and oxygen atoms in total. The number of anilines is 2. The highest BCUT2D eigenvalue weighted by atomic mass is 16.5. The highest BCUT2D eigenvalue weighted by Crippen LogP contribution is 2.25. The zero-order valence-electron chi connectivity index (χ0n) is 8.56. The first-order valence-electron chi connectivity index (χ1n) is 4.80. The molecule has 0 bridgehead atoms. The lowest BCUT2D eigenvalue weighted by Crippen LogP contribution is -2.40. The third kappa shape index (κ3) is 2.07. The molecule has 0 aliphatic carbocycles. The molecule has 1 aromatic rings. The third-order valence-corrected chi connectivity index (χ3v) is 2.26. The highest BCUT2D eigenvalue weighted by Gasteiger charge is 2.21. The van der Waals surface area contributed by atoms with Crippen molar-refractivity contribution in [3.05, 3.63) is 18.3 Å². The van der Waals surface area contributed by atoms with Crippen molar-refractivity contribution >= 4 is 17.4 Å². The Morgan fingerprint density at radius 1 is 1.67 bits per heavy atom. The van der Waals surface area contributed by atoms with Gasteiger partial charge < -0.3 is 15.0 Å². The molecule has 1 aliphatic heterocycles. The number of fused-ring (bicyclic) bond motifs is 1. The van der Waals surface area contributed by atoms with Gasteiger partial charge in [-0.1, -0.05) is 0 Å². The molecule has 5 heteroatoms. The van der Waals surface area contributed by atoms with Crippen molar-refractivity contribution in [1.82, 2.24) is 4.98 Å². The summed E-state index contributed by atoms with van der Waals surface area (Å²) in [7, 11) is 1.64. The van der Waals surface area contributed by atoms with Crippen LogP contribution in [-0.4, -0.2) is 37.7 Å². The van der Waals surface area contributed by atoms with Crippen molar-refractivity contribution in [2.45, 2.75) is 0 Å². The van der Waals surface area contributed by atoms with Crippen LogP contribution in [-0.2, 0) is 9.53 Å². The predicted molar refractivity (Wildman–Crippen MR) is 57.0 cm³/mol. The molecule has 1 N–H and O–H groups in total. The molecule has 1 amide bonds. The second kappa shape index (κ2) is 4.27. The van der Waals surface area contributed by atoms with E-state index in [0.29, 0.717) is 19.7 Å². The molecule has 0 radical (unpaired) electrons. The Morgan fingerprint density at radius 3 is 3.33 bits per heavy atom. The van der Waals surface area contributed by atoms with Crippen molar-refractivity contribution in [3.8, 4) is 0 Å². The van der Waals surface area contributed by atoms with Gasteiger partial charge in [-0.25, -0.2) is 4.98 Å². The van der Waals surface area contributed by atoms with Gasteiger partial charge in [0, 0.05) is 19.9 Å². The van der Waals surface area contributed by atoms with Gasteiger partial charge in [-0.15, -0.1) is 0 Å². The average molecular weight is 207 g/mol. The number of nitrogens with one attached hydrogen (secondary N) is 1. The van der Waals surface area contributed by atoms with Crippen molar-refractivity contribution in [3.63, 3.8) is 0 Å². The van der Waals surface area contributed by atoms with Crippen LogP contribution in [0.1, 0.15) is 0 Å². The van der Waals surface area contributed by atoms with Gasteiger partial charge in [0.05, 0.1) is 18.8 Å². The summed E-state index contributed by atoms with van der Waals surface area (Å²) in [6.45, 7) is 1.60. The maximum atomic E-state index is 11.4. The van der Waals surface area contributed by atoms with Crippen molar-refractivity contribution in [2.24, 2.45) is 0 Å². The van der Waals surface area contributed by atoms with Gasteiger partial charge in [0.25, 0.3) is 0 Å². The van der Waals surface area contributed by atoms with Crippen LogP contribution in [0.3, 0.4) is 0 Å². The van der Waals surface area contributed by atoms with E-state index in [1.165, 1.54) is 0 Å². The van der Waals surface area contributed by atoms with Gasteiger partial charge >= 0.3 is 0 Å². The summed E-state index contributed by atoms with van der Waals surface area (Å²) >= 11 is 0. The van der Waals surface area contributed by atoms with Gasteiger partial charge in [-0.2, -0.15) is 0 Å². The number of ether oxygens (including phenoxy) is 1. The lowest BCUT2D eigenvalue weighted by atomic mass is 10.3. The number of rotatable bonds is 3. The second-order valence-electron chi connectivity index (χ2n) is 3.34. The Hall–Kier alpha value is -1.62. The van der Waals surface area contributed by atoms with Crippen LogP contribution in [0.15, 0.2) is 18.3 Å². The summed E-state index contributed by atoms with van der Waals surface area (Å²) in [6, 6.07) is 3.65. The van der Waals surface area contributed by atoms with E-state index in [0.717, 1.165) is 11.5 Å². The van der Waals surface area contributed by atoms with Crippen molar-refractivity contribution < 1.29 is 9.53 Å². The van der Waals surface area contributed by atoms with Gasteiger partial charge in [0.1, 0.15) is 0 Å². The smallest absolute Gasteiger partial charge is 0.244 e. The number of amides is 1. The topological polar surface area (TPSA) is 54.5 Å². The summed E-state index contributed by atoms with van der Waals surface area (Å²) in [4.78, 5) is 17.5. The first-order valence-corrected chi connectivity index (χ1v) is 4.80. The molecule has 0 aromatic carbocycles. The molecule has 0 saturated heterocycles. The van der Waals surface area contributed by atoms with E-state index in [2.05, 4.69) is 10.3 Å². The van der Waals surface area contributed by atoms with E-state index in [4.69, 9.17) is 4.74 Å². The molecule has 1 aromatic heterocycles. The lowest BCUT2D eigenvalue weighted by Gasteiger charge is -2.29. The molecule has 0 unspecified atom stereocenters. The zero-order chi connectivity index (χ0) is 10.7. The normalized spacial score (nSPS) is 14.7. The first kappa shape index (κ1) is 9.92. The Kier molecular flexibility index (Phi) is 2.82. The van der Waals surface area contributed by atoms with Gasteiger partial charge in [-0.05, 0) is 12.1 Å². The van der Waals surface area contributed by atoms with Crippen molar-refractivity contribution in [2.75, 3.05) is 37.0 Å². The SMILES string of the molecule is COCCN1CC(=O)Nc2cccnc21. The lowest BCUT2D eigenvalue weighted by molar-refractivity contribution is -0.115. The monoisotopic (exact) mass is 207 g/mol. The fourth-order valence-electron chi connectivity index (χ4n) is 1.57. The van der Waals surface area contributed by atoms with Gasteiger partial charge in [0.2, 0.25) is 5.91 Å². The maximum Gasteiger partial charge on any atom is 0.244 e. The van der Waals surface area contributed by atoms with E-state index in [1.54, 1.807) is 19.4 Å². The number of hydrogen-bond donors (Lipinski definition) is 1. The maximum absolute atomic E-state index is 11.4. The Labute approximate surface area is 88.1 Å². The number of nitrogens with zero attached hydrogens (tertiary/aromatic N) is 2. The van der Waals surface area contributed by atoms with Gasteiger partial charge in [0.15, 0.2) is 5.82 Å². The van der Waals surface area contributed by atoms with Crippen LogP contribution in [0, 0.1) is 0 Å². The number of hydrogen-bond acceptors (Lipinski definition) is 4. The molecule has 0 fully saturated rings. The number of pyridine rings is 1. The number of aromatic nitrogens is 1. The van der Waals surface area contributed by atoms with E-state index in [-0.39, 0.29) is 5.91 Å². The van der Waals surface area contributed by atoms with Crippen LogP contribution in [0.4, 0.5) is 11.5 Å². The molecule has 80 valence electrons. The molecule has 2 heterocycles. The fraction of sp³-hybridized carbons (Fsp3) is 0.400. The van der Waals surface area contributed by atoms with E-state index in [1.807, 2.05) is 11.0 Å². The number of carbonyl (C=O) groups is 1. The zero-order valence-corrected chi connectivity index (χ0v) is 8.56. The summed E-state index contributed by atoms with van der Waals surface area (Å²) < 4.78 is 4.99. The molecule has 15 heavy (non-hydrogen) atoms. The molecule has 1 aliphatic rings. The summed E-state index contributed by atoms with van der Waals surface area (Å²) in [5, 5.41) is 2.78. The standard InChI is InChI=1S/C10H13N3O2/c1-15-6-5-13-7-9(14)12-8-3-2-4-11-10(8)13/h2-4H,5-7H2,1H3,(H,12,14). The van der Waals surface area contributed by atoms with Crippen LogP contribution in [0.5, 0.6) is 0 Å². The molecule has 0 spiro atoms. The van der Waals surface area contributed by atoms with E-state index < -0.39 is 0 Å². The van der Waals surface area contributed by atoms with Crippen molar-refractivity contribution in [1.29, 1.82) is 0 Å².